The van der Waals surface area contributed by atoms with Crippen molar-refractivity contribution in [2.75, 3.05) is 40.7 Å². The topological polar surface area (TPSA) is 107 Å². The van der Waals surface area contributed by atoms with Crippen LogP contribution in [0.15, 0.2) is 40.4 Å². The Hall–Kier alpha value is -3.18. The van der Waals surface area contributed by atoms with Crippen LogP contribution in [0.4, 0.5) is 4.79 Å². The second-order valence-electron chi connectivity index (χ2n) is 6.61. The molecule has 0 unspecified atom stereocenters. The highest BCUT2D eigenvalue weighted by Gasteiger charge is 2.34. The molecule has 2 aromatic rings. The summed E-state index contributed by atoms with van der Waals surface area (Å²) < 4.78 is 16.0. The van der Waals surface area contributed by atoms with Gasteiger partial charge in [0.05, 0.1) is 31.8 Å². The van der Waals surface area contributed by atoms with Gasteiger partial charge in [-0.1, -0.05) is 0 Å². The summed E-state index contributed by atoms with van der Waals surface area (Å²) in [6.45, 7) is 0.176. The maximum Gasteiger partial charge on any atom is 0.293 e. The standard InChI is InChI=1S/C22H23N3O6S2/c1-29-15-10-13(11-16(30-2)18(15)31-3)12-17-21(27)25(22(28)33-17)9-8-23-19(26)14-6-5-7-24-20(14)32-4/h5-7,10-12H,8-9H2,1-4H3,(H,23,26)/b17-12-. The monoisotopic (exact) mass is 489 g/mol. The second kappa shape index (κ2) is 11.1. The minimum atomic E-state index is -0.431. The fraction of sp³-hybridized carbons (Fsp3) is 0.273. The van der Waals surface area contributed by atoms with Gasteiger partial charge in [-0.3, -0.25) is 19.3 Å². The molecule has 1 aliphatic heterocycles. The number of nitrogens with one attached hydrogen (secondary N) is 1. The predicted octanol–water partition coefficient (Wildman–Crippen LogP) is 3.30. The molecule has 1 fully saturated rings. The Kier molecular flexibility index (Phi) is 8.23. The Balaban J connectivity index is 1.69. The summed E-state index contributed by atoms with van der Waals surface area (Å²) in [7, 11) is 4.49. The summed E-state index contributed by atoms with van der Waals surface area (Å²) in [5, 5.41) is 2.94. The van der Waals surface area contributed by atoms with Crippen LogP contribution in [-0.4, -0.2) is 67.6 Å². The van der Waals surface area contributed by atoms with Crippen molar-refractivity contribution in [2.24, 2.45) is 0 Å². The van der Waals surface area contributed by atoms with Crippen LogP contribution in [-0.2, 0) is 4.79 Å². The number of benzene rings is 1. The number of aromatic nitrogens is 1. The van der Waals surface area contributed by atoms with Crippen molar-refractivity contribution < 1.29 is 28.6 Å². The van der Waals surface area contributed by atoms with E-state index in [9.17, 15) is 14.4 Å². The highest BCUT2D eigenvalue weighted by atomic mass is 32.2. The van der Waals surface area contributed by atoms with Crippen molar-refractivity contribution in [3.05, 3.63) is 46.5 Å². The van der Waals surface area contributed by atoms with E-state index in [1.54, 1.807) is 36.5 Å². The third-order valence-electron chi connectivity index (χ3n) is 4.69. The van der Waals surface area contributed by atoms with E-state index in [0.29, 0.717) is 33.4 Å². The smallest absolute Gasteiger partial charge is 0.293 e. The van der Waals surface area contributed by atoms with E-state index in [1.165, 1.54) is 33.1 Å². The van der Waals surface area contributed by atoms with Gasteiger partial charge in [-0.05, 0) is 53.9 Å². The summed E-state index contributed by atoms with van der Waals surface area (Å²) in [5.74, 6) is 0.556. The number of methoxy groups -OCH3 is 3. The maximum atomic E-state index is 12.8. The molecule has 11 heteroatoms. The number of pyridine rings is 1. The van der Waals surface area contributed by atoms with Crippen molar-refractivity contribution in [1.29, 1.82) is 0 Å². The molecular weight excluding hydrogens is 466 g/mol. The number of amides is 3. The predicted molar refractivity (Wildman–Crippen MR) is 127 cm³/mol. The van der Waals surface area contributed by atoms with Crippen LogP contribution in [0.3, 0.4) is 0 Å². The van der Waals surface area contributed by atoms with E-state index in [1.807, 2.05) is 6.26 Å². The van der Waals surface area contributed by atoms with Crippen LogP contribution in [0.5, 0.6) is 17.2 Å². The van der Waals surface area contributed by atoms with E-state index in [0.717, 1.165) is 16.7 Å². The lowest BCUT2D eigenvalue weighted by atomic mass is 10.1. The molecular formula is C22H23N3O6S2. The first-order valence-electron chi connectivity index (χ1n) is 9.76. The third-order valence-corrected chi connectivity index (χ3v) is 6.31. The first-order valence-corrected chi connectivity index (χ1v) is 11.8. The number of carbonyl (C=O) groups is 3. The van der Waals surface area contributed by atoms with Crippen molar-refractivity contribution in [1.82, 2.24) is 15.2 Å². The van der Waals surface area contributed by atoms with E-state index >= 15 is 0 Å². The Bertz CT molecular complexity index is 1080. The fourth-order valence-corrected chi connectivity index (χ4v) is 4.54. The molecule has 0 spiro atoms. The number of rotatable bonds is 9. The van der Waals surface area contributed by atoms with Crippen molar-refractivity contribution in [3.63, 3.8) is 0 Å². The molecule has 0 atom stereocenters. The molecule has 1 saturated heterocycles. The van der Waals surface area contributed by atoms with Crippen LogP contribution in [0.25, 0.3) is 6.08 Å². The zero-order valence-corrected chi connectivity index (χ0v) is 20.2. The van der Waals surface area contributed by atoms with Gasteiger partial charge < -0.3 is 19.5 Å². The van der Waals surface area contributed by atoms with Crippen molar-refractivity contribution in [3.8, 4) is 17.2 Å². The number of hydrogen-bond acceptors (Lipinski definition) is 9. The number of hydrogen-bond donors (Lipinski definition) is 1. The van der Waals surface area contributed by atoms with Gasteiger partial charge >= 0.3 is 0 Å². The first kappa shape index (κ1) is 24.5. The molecule has 1 aromatic carbocycles. The number of imide groups is 1. The number of thioether (sulfide) groups is 2. The SMILES string of the molecule is COc1cc(/C=C2\SC(=O)N(CCNC(=O)c3cccnc3SC)C2=O)cc(OC)c1OC. The molecule has 174 valence electrons. The number of nitrogens with zero attached hydrogens (tertiary/aromatic N) is 2. The van der Waals surface area contributed by atoms with Gasteiger partial charge in [0.2, 0.25) is 5.75 Å². The summed E-state index contributed by atoms with van der Waals surface area (Å²) >= 11 is 2.20. The van der Waals surface area contributed by atoms with Crippen LogP contribution < -0.4 is 19.5 Å². The van der Waals surface area contributed by atoms with Crippen LogP contribution >= 0.6 is 23.5 Å². The normalized spacial score (nSPS) is 14.5. The minimum Gasteiger partial charge on any atom is -0.493 e. The zero-order valence-electron chi connectivity index (χ0n) is 18.5. The van der Waals surface area contributed by atoms with Crippen LogP contribution in [0.2, 0.25) is 0 Å². The molecule has 3 amide bonds. The lowest BCUT2D eigenvalue weighted by molar-refractivity contribution is -0.122. The number of ether oxygens (including phenoxy) is 3. The quantitative estimate of drug-likeness (QED) is 0.419. The van der Waals surface area contributed by atoms with Gasteiger partial charge in [-0.15, -0.1) is 11.8 Å². The third kappa shape index (κ3) is 5.42. The summed E-state index contributed by atoms with van der Waals surface area (Å²) in [6, 6.07) is 6.73. The van der Waals surface area contributed by atoms with Crippen molar-refractivity contribution >= 4 is 46.7 Å². The molecule has 0 bridgehead atoms. The lowest BCUT2D eigenvalue weighted by Gasteiger charge is -2.14. The molecule has 3 rings (SSSR count). The van der Waals surface area contributed by atoms with E-state index in [-0.39, 0.29) is 23.9 Å². The lowest BCUT2D eigenvalue weighted by Crippen LogP contribution is -2.37. The number of carbonyl (C=O) groups excluding carboxylic acids is 3. The molecule has 0 radical (unpaired) electrons. The largest absolute Gasteiger partial charge is 0.493 e. The molecule has 0 aliphatic carbocycles. The summed E-state index contributed by atoms with van der Waals surface area (Å²) in [4.78, 5) is 43.2. The average Bonchev–Trinajstić information content (AvgIpc) is 3.10. The zero-order chi connectivity index (χ0) is 24.0. The highest BCUT2D eigenvalue weighted by molar-refractivity contribution is 8.18. The fourth-order valence-electron chi connectivity index (χ4n) is 3.13. The molecule has 0 saturated carbocycles. The van der Waals surface area contributed by atoms with Gasteiger partial charge in [0, 0.05) is 19.3 Å². The Morgan fingerprint density at radius 1 is 1.18 bits per heavy atom. The maximum absolute atomic E-state index is 12.8. The summed E-state index contributed by atoms with van der Waals surface area (Å²) in [5.41, 5.74) is 1.06. The average molecular weight is 490 g/mol. The van der Waals surface area contributed by atoms with Gasteiger partial charge in [-0.25, -0.2) is 4.98 Å². The Morgan fingerprint density at radius 2 is 1.88 bits per heavy atom. The van der Waals surface area contributed by atoms with Crippen LogP contribution in [0, 0.1) is 0 Å². The summed E-state index contributed by atoms with van der Waals surface area (Å²) in [6.07, 6.45) is 5.04. The molecule has 9 nitrogen and oxygen atoms in total. The van der Waals surface area contributed by atoms with E-state index in [2.05, 4.69) is 10.3 Å². The molecule has 1 aliphatic rings. The molecule has 1 aromatic heterocycles. The molecule has 2 heterocycles. The molecule has 33 heavy (non-hydrogen) atoms. The van der Waals surface area contributed by atoms with Gasteiger partial charge in [-0.2, -0.15) is 0 Å². The highest BCUT2D eigenvalue weighted by Crippen LogP contribution is 2.40. The van der Waals surface area contributed by atoms with Crippen LogP contribution in [0.1, 0.15) is 15.9 Å². The molecule has 1 N–H and O–H groups in total. The first-order chi connectivity index (χ1) is 15.9. The minimum absolute atomic E-state index is 0.0534. The van der Waals surface area contributed by atoms with E-state index < -0.39 is 11.1 Å². The second-order valence-corrected chi connectivity index (χ2v) is 8.40. The van der Waals surface area contributed by atoms with Crippen molar-refractivity contribution in [2.45, 2.75) is 5.03 Å². The van der Waals surface area contributed by atoms with Gasteiger partial charge in [0.1, 0.15) is 5.03 Å². The van der Waals surface area contributed by atoms with E-state index in [4.69, 9.17) is 14.2 Å². The van der Waals surface area contributed by atoms with Gasteiger partial charge in [0.15, 0.2) is 11.5 Å². The Labute approximate surface area is 199 Å². The Morgan fingerprint density at radius 3 is 2.48 bits per heavy atom. The van der Waals surface area contributed by atoms with Gasteiger partial charge in [0.25, 0.3) is 17.1 Å².